The summed E-state index contributed by atoms with van der Waals surface area (Å²) in [5, 5.41) is -1.12. The lowest BCUT2D eigenvalue weighted by atomic mass is 9.91. The fourth-order valence-electron chi connectivity index (χ4n) is 2.32. The van der Waals surface area contributed by atoms with Gasteiger partial charge >= 0.3 is 0 Å². The number of hydrogen-bond acceptors (Lipinski definition) is 4. The smallest absolute Gasteiger partial charge is 0.285 e. The molecule has 18 heavy (non-hydrogen) atoms. The van der Waals surface area contributed by atoms with Gasteiger partial charge in [-0.2, -0.15) is 16.8 Å². The molecule has 1 atom stereocenters. The van der Waals surface area contributed by atoms with Crippen LogP contribution in [-0.2, 0) is 26.7 Å². The van der Waals surface area contributed by atoms with Gasteiger partial charge in [0.15, 0.2) is 0 Å². The molecule has 0 heterocycles. The Labute approximate surface area is 105 Å². The lowest BCUT2D eigenvalue weighted by Gasteiger charge is -2.24. The first kappa shape index (κ1) is 13.5. The first-order valence-corrected chi connectivity index (χ1v) is 8.21. The molecule has 2 N–H and O–H groups in total. The lowest BCUT2D eigenvalue weighted by molar-refractivity contribution is 0.454. The van der Waals surface area contributed by atoms with E-state index in [0.717, 1.165) is 0 Å². The third-order valence-electron chi connectivity index (χ3n) is 3.05. The van der Waals surface area contributed by atoms with E-state index in [-0.39, 0.29) is 22.4 Å². The number of benzene rings is 1. The molecule has 0 saturated carbocycles. The normalized spacial score (nSPS) is 20.4. The monoisotopic (exact) mass is 292 g/mol. The summed E-state index contributed by atoms with van der Waals surface area (Å²) in [5.41, 5.74) is 0.521. The van der Waals surface area contributed by atoms with Gasteiger partial charge in [0.25, 0.3) is 20.2 Å². The molecule has 0 amide bonds. The topological polar surface area (TPSA) is 109 Å². The maximum atomic E-state index is 11.3. The third kappa shape index (κ3) is 2.41. The fraction of sp³-hybridized carbons (Fsp3) is 0.400. The van der Waals surface area contributed by atoms with E-state index in [2.05, 4.69) is 0 Å². The van der Waals surface area contributed by atoms with Gasteiger partial charge in [0.2, 0.25) is 0 Å². The van der Waals surface area contributed by atoms with Crippen molar-refractivity contribution in [3.05, 3.63) is 29.3 Å². The number of fused-ring (bicyclic) bond motifs is 1. The van der Waals surface area contributed by atoms with Crippen molar-refractivity contribution >= 4 is 20.2 Å². The molecular weight excluding hydrogens is 280 g/mol. The Morgan fingerprint density at radius 3 is 2.33 bits per heavy atom. The van der Waals surface area contributed by atoms with Crippen molar-refractivity contribution in [2.75, 3.05) is 0 Å². The molecule has 1 aromatic carbocycles. The van der Waals surface area contributed by atoms with Crippen LogP contribution < -0.4 is 0 Å². The Morgan fingerprint density at radius 1 is 1.11 bits per heavy atom. The van der Waals surface area contributed by atoms with Crippen molar-refractivity contribution in [3.63, 3.8) is 0 Å². The molecule has 0 aromatic heterocycles. The zero-order chi connectivity index (χ0) is 13.6. The molecule has 1 aliphatic rings. The van der Waals surface area contributed by atoms with E-state index in [1.54, 1.807) is 0 Å². The van der Waals surface area contributed by atoms with Crippen molar-refractivity contribution in [2.24, 2.45) is 0 Å². The summed E-state index contributed by atoms with van der Waals surface area (Å²) in [4.78, 5) is -0.284. The summed E-state index contributed by atoms with van der Waals surface area (Å²) in [6.07, 6.45) is 1.03. The molecule has 0 fully saturated rings. The second-order valence-corrected chi connectivity index (χ2v) is 7.18. The van der Waals surface area contributed by atoms with Crippen LogP contribution in [-0.4, -0.2) is 25.9 Å². The molecular formula is C10H12O6S2. The lowest BCUT2D eigenvalue weighted by Crippen LogP contribution is -2.20. The highest BCUT2D eigenvalue weighted by molar-refractivity contribution is 7.86. The van der Waals surface area contributed by atoms with Crippen molar-refractivity contribution in [3.8, 4) is 0 Å². The van der Waals surface area contributed by atoms with Crippen LogP contribution in [0, 0.1) is 0 Å². The van der Waals surface area contributed by atoms with E-state index in [1.165, 1.54) is 18.2 Å². The Hall–Kier alpha value is -0.960. The molecule has 0 saturated heterocycles. The average molecular weight is 292 g/mol. The summed E-state index contributed by atoms with van der Waals surface area (Å²) in [5.74, 6) is 0. The summed E-state index contributed by atoms with van der Waals surface area (Å²) in [6, 6.07) is 4.04. The summed E-state index contributed by atoms with van der Waals surface area (Å²) >= 11 is 0. The first-order valence-electron chi connectivity index (χ1n) is 5.27. The van der Waals surface area contributed by atoms with Gasteiger partial charge in [0.05, 0.1) is 4.90 Å². The van der Waals surface area contributed by atoms with Crippen molar-refractivity contribution in [1.29, 1.82) is 0 Å². The van der Waals surface area contributed by atoms with E-state index in [0.29, 0.717) is 12.8 Å². The maximum absolute atomic E-state index is 11.3. The predicted octanol–water partition coefficient (Wildman–Crippen LogP) is 1.20. The maximum Gasteiger partial charge on any atom is 0.294 e. The molecule has 1 unspecified atom stereocenters. The van der Waals surface area contributed by atoms with Crippen LogP contribution in [0.3, 0.4) is 0 Å². The number of hydrogen-bond donors (Lipinski definition) is 2. The van der Waals surface area contributed by atoms with Crippen LogP contribution >= 0.6 is 0 Å². The average Bonchev–Trinajstić information content (AvgIpc) is 2.24. The van der Waals surface area contributed by atoms with E-state index in [1.807, 2.05) is 0 Å². The Kier molecular flexibility index (Phi) is 3.22. The summed E-state index contributed by atoms with van der Waals surface area (Å²) in [6.45, 7) is 0. The summed E-state index contributed by atoms with van der Waals surface area (Å²) in [7, 11) is -8.67. The standard InChI is InChI=1S/C10H12O6S2/c11-17(12,13)9-5-1-3-7-8(9)4-2-6-10(7)18(14,15)16/h1,3,5,10H,2,4,6H2,(H,11,12,13)(H,14,15,16). The molecule has 1 aromatic rings. The van der Waals surface area contributed by atoms with Gasteiger partial charge in [-0.25, -0.2) is 0 Å². The minimum atomic E-state index is -4.39. The van der Waals surface area contributed by atoms with Crippen LogP contribution in [0.1, 0.15) is 29.2 Å². The molecule has 8 heteroatoms. The van der Waals surface area contributed by atoms with Crippen LogP contribution in [0.4, 0.5) is 0 Å². The van der Waals surface area contributed by atoms with E-state index in [9.17, 15) is 16.8 Å². The largest absolute Gasteiger partial charge is 0.294 e. The summed E-state index contributed by atoms with van der Waals surface area (Å²) < 4.78 is 63.2. The molecule has 2 rings (SSSR count). The van der Waals surface area contributed by atoms with E-state index >= 15 is 0 Å². The quantitative estimate of drug-likeness (QED) is 0.793. The van der Waals surface area contributed by atoms with Gasteiger partial charge in [-0.15, -0.1) is 0 Å². The van der Waals surface area contributed by atoms with Crippen LogP contribution in [0.25, 0.3) is 0 Å². The highest BCUT2D eigenvalue weighted by atomic mass is 32.2. The molecule has 100 valence electrons. The first-order chi connectivity index (χ1) is 8.21. The van der Waals surface area contributed by atoms with Gasteiger partial charge in [-0.05, 0) is 36.5 Å². The molecule has 0 bridgehead atoms. The molecule has 6 nitrogen and oxygen atoms in total. The third-order valence-corrected chi connectivity index (χ3v) is 5.19. The Bertz CT molecular complexity index is 674. The van der Waals surface area contributed by atoms with Gasteiger partial charge in [-0.3, -0.25) is 9.11 Å². The molecule has 0 radical (unpaired) electrons. The van der Waals surface area contributed by atoms with Gasteiger partial charge in [0.1, 0.15) is 5.25 Å². The van der Waals surface area contributed by atoms with Crippen LogP contribution in [0.15, 0.2) is 23.1 Å². The highest BCUT2D eigenvalue weighted by Crippen LogP contribution is 2.37. The van der Waals surface area contributed by atoms with Gasteiger partial charge in [-0.1, -0.05) is 12.1 Å². The molecule has 1 aliphatic carbocycles. The van der Waals surface area contributed by atoms with Crippen LogP contribution in [0.5, 0.6) is 0 Å². The van der Waals surface area contributed by atoms with Crippen molar-refractivity contribution in [1.82, 2.24) is 0 Å². The van der Waals surface area contributed by atoms with E-state index in [4.69, 9.17) is 9.11 Å². The Balaban J connectivity index is 2.69. The predicted molar refractivity (Wildman–Crippen MR) is 63.5 cm³/mol. The van der Waals surface area contributed by atoms with Crippen molar-refractivity contribution < 1.29 is 25.9 Å². The zero-order valence-electron chi connectivity index (χ0n) is 9.27. The minimum absolute atomic E-state index is 0.237. The van der Waals surface area contributed by atoms with Gasteiger partial charge < -0.3 is 0 Å². The minimum Gasteiger partial charge on any atom is -0.285 e. The number of rotatable bonds is 2. The van der Waals surface area contributed by atoms with E-state index < -0.39 is 25.5 Å². The molecule has 0 spiro atoms. The van der Waals surface area contributed by atoms with Crippen molar-refractivity contribution in [2.45, 2.75) is 29.4 Å². The second-order valence-electron chi connectivity index (χ2n) is 4.19. The SMILES string of the molecule is O=S(=O)(O)c1cccc2c1CCCC2S(=O)(=O)O. The molecule has 0 aliphatic heterocycles. The zero-order valence-corrected chi connectivity index (χ0v) is 10.9. The van der Waals surface area contributed by atoms with Gasteiger partial charge in [0, 0.05) is 0 Å². The highest BCUT2D eigenvalue weighted by Gasteiger charge is 2.32. The Morgan fingerprint density at radius 2 is 1.78 bits per heavy atom. The van der Waals surface area contributed by atoms with Crippen LogP contribution in [0.2, 0.25) is 0 Å². The second kappa shape index (κ2) is 4.30. The fourth-order valence-corrected chi connectivity index (χ4v) is 4.11.